The Bertz CT molecular complexity index is 541. The van der Waals surface area contributed by atoms with E-state index in [-0.39, 0.29) is 18.3 Å². The molecular formula is C12H9BrFNOS. The third kappa shape index (κ3) is 3.14. The lowest BCUT2D eigenvalue weighted by atomic mass is 10.2. The van der Waals surface area contributed by atoms with Crippen LogP contribution in [0.5, 0.6) is 0 Å². The quantitative estimate of drug-likeness (QED) is 0.922. The molecular weight excluding hydrogens is 305 g/mol. The van der Waals surface area contributed by atoms with Crippen molar-refractivity contribution in [3.05, 3.63) is 56.4 Å². The number of thiophene rings is 1. The summed E-state index contributed by atoms with van der Waals surface area (Å²) in [5.74, 6) is -0.496. The van der Waals surface area contributed by atoms with Crippen molar-refractivity contribution in [1.82, 2.24) is 5.32 Å². The molecule has 0 unspecified atom stereocenters. The smallest absolute Gasteiger partial charge is 0.261 e. The molecule has 1 amide bonds. The van der Waals surface area contributed by atoms with Gasteiger partial charge >= 0.3 is 0 Å². The van der Waals surface area contributed by atoms with E-state index in [0.717, 1.165) is 3.79 Å². The molecule has 17 heavy (non-hydrogen) atoms. The van der Waals surface area contributed by atoms with Crippen molar-refractivity contribution in [2.24, 2.45) is 0 Å². The summed E-state index contributed by atoms with van der Waals surface area (Å²) < 4.78 is 14.2. The zero-order valence-electron chi connectivity index (χ0n) is 8.74. The van der Waals surface area contributed by atoms with Crippen LogP contribution in [-0.2, 0) is 6.54 Å². The summed E-state index contributed by atoms with van der Waals surface area (Å²) in [5, 5.41) is 2.68. The van der Waals surface area contributed by atoms with Crippen LogP contribution in [-0.4, -0.2) is 5.91 Å². The number of carbonyl (C=O) groups is 1. The van der Waals surface area contributed by atoms with Crippen LogP contribution in [0.1, 0.15) is 15.2 Å². The van der Waals surface area contributed by atoms with Gasteiger partial charge in [0.2, 0.25) is 0 Å². The molecule has 5 heteroatoms. The van der Waals surface area contributed by atoms with Gasteiger partial charge in [-0.2, -0.15) is 0 Å². The van der Waals surface area contributed by atoms with E-state index in [0.29, 0.717) is 10.4 Å². The first-order valence-corrected chi connectivity index (χ1v) is 6.54. The summed E-state index contributed by atoms with van der Waals surface area (Å²) in [7, 11) is 0. The van der Waals surface area contributed by atoms with Gasteiger partial charge in [0.05, 0.1) is 8.66 Å². The molecule has 1 aromatic heterocycles. The zero-order chi connectivity index (χ0) is 12.3. The summed E-state index contributed by atoms with van der Waals surface area (Å²) >= 11 is 4.63. The van der Waals surface area contributed by atoms with Gasteiger partial charge in [0.15, 0.2) is 0 Å². The number of hydrogen-bond acceptors (Lipinski definition) is 2. The second-order valence-corrected chi connectivity index (χ2v) is 5.84. The highest BCUT2D eigenvalue weighted by Gasteiger charge is 2.09. The third-order valence-corrected chi connectivity index (χ3v) is 3.82. The minimum atomic E-state index is -0.305. The molecule has 0 spiro atoms. The van der Waals surface area contributed by atoms with E-state index >= 15 is 0 Å². The Balaban J connectivity index is 1.99. The van der Waals surface area contributed by atoms with Crippen LogP contribution in [0.2, 0.25) is 0 Å². The van der Waals surface area contributed by atoms with Crippen molar-refractivity contribution >= 4 is 33.2 Å². The van der Waals surface area contributed by atoms with E-state index in [4.69, 9.17) is 0 Å². The minimum absolute atomic E-state index is 0.191. The third-order valence-electron chi connectivity index (χ3n) is 2.19. The molecule has 0 radical (unpaired) electrons. The van der Waals surface area contributed by atoms with Gasteiger partial charge in [-0.15, -0.1) is 11.3 Å². The maximum atomic E-state index is 13.3. The molecule has 0 saturated carbocycles. The SMILES string of the molecule is O=C(NCc1ccccc1F)c1ccc(Br)s1. The van der Waals surface area contributed by atoms with E-state index in [2.05, 4.69) is 21.2 Å². The van der Waals surface area contributed by atoms with Crippen molar-refractivity contribution in [2.45, 2.75) is 6.54 Å². The molecule has 1 aromatic carbocycles. The molecule has 2 nitrogen and oxygen atoms in total. The van der Waals surface area contributed by atoms with Crippen molar-refractivity contribution in [3.63, 3.8) is 0 Å². The second kappa shape index (κ2) is 5.42. The van der Waals surface area contributed by atoms with Crippen LogP contribution >= 0.6 is 27.3 Å². The summed E-state index contributed by atoms with van der Waals surface area (Å²) in [5.41, 5.74) is 0.483. The Kier molecular flexibility index (Phi) is 3.91. The van der Waals surface area contributed by atoms with Gasteiger partial charge in [-0.05, 0) is 34.1 Å². The van der Waals surface area contributed by atoms with Gasteiger partial charge < -0.3 is 5.32 Å². The summed E-state index contributed by atoms with van der Waals surface area (Å²) in [4.78, 5) is 12.3. The fourth-order valence-corrected chi connectivity index (χ4v) is 2.64. The maximum absolute atomic E-state index is 13.3. The minimum Gasteiger partial charge on any atom is -0.347 e. The predicted octanol–water partition coefficient (Wildman–Crippen LogP) is 3.58. The van der Waals surface area contributed by atoms with E-state index in [1.165, 1.54) is 17.4 Å². The van der Waals surface area contributed by atoms with Gasteiger partial charge in [0.25, 0.3) is 5.91 Å². The number of nitrogens with one attached hydrogen (secondary N) is 1. The first-order valence-electron chi connectivity index (χ1n) is 4.94. The van der Waals surface area contributed by atoms with Crippen LogP contribution in [0.25, 0.3) is 0 Å². The Morgan fingerprint density at radius 1 is 1.29 bits per heavy atom. The van der Waals surface area contributed by atoms with E-state index in [9.17, 15) is 9.18 Å². The Hall–Kier alpha value is -1.20. The van der Waals surface area contributed by atoms with Crippen LogP contribution < -0.4 is 5.32 Å². The molecule has 88 valence electrons. The van der Waals surface area contributed by atoms with Crippen LogP contribution in [0.15, 0.2) is 40.2 Å². The number of carbonyl (C=O) groups excluding carboxylic acids is 1. The Morgan fingerprint density at radius 3 is 2.71 bits per heavy atom. The molecule has 0 fully saturated rings. The molecule has 1 heterocycles. The topological polar surface area (TPSA) is 29.1 Å². The van der Waals surface area contributed by atoms with E-state index in [1.54, 1.807) is 24.3 Å². The average Bonchev–Trinajstić information content (AvgIpc) is 2.74. The highest BCUT2D eigenvalue weighted by Crippen LogP contribution is 2.21. The molecule has 0 bridgehead atoms. The molecule has 0 aliphatic heterocycles. The van der Waals surface area contributed by atoms with Crippen LogP contribution in [0.3, 0.4) is 0 Å². The average molecular weight is 314 g/mol. The molecule has 2 rings (SSSR count). The standard InChI is InChI=1S/C12H9BrFNOS/c13-11-6-5-10(17-11)12(16)15-7-8-3-1-2-4-9(8)14/h1-6H,7H2,(H,15,16). The molecule has 2 aromatic rings. The Labute approximate surface area is 111 Å². The first-order chi connectivity index (χ1) is 8.16. The number of benzene rings is 1. The number of amides is 1. The molecule has 0 atom stereocenters. The number of rotatable bonds is 3. The van der Waals surface area contributed by atoms with Crippen LogP contribution in [0.4, 0.5) is 4.39 Å². The number of halogens is 2. The Morgan fingerprint density at radius 2 is 2.06 bits per heavy atom. The molecule has 1 N–H and O–H groups in total. The lowest BCUT2D eigenvalue weighted by molar-refractivity contribution is 0.0954. The van der Waals surface area contributed by atoms with Gasteiger partial charge in [0.1, 0.15) is 5.82 Å². The largest absolute Gasteiger partial charge is 0.347 e. The molecule has 0 aliphatic rings. The van der Waals surface area contributed by atoms with Gasteiger partial charge in [-0.3, -0.25) is 4.79 Å². The summed E-state index contributed by atoms with van der Waals surface area (Å²) in [6.07, 6.45) is 0. The highest BCUT2D eigenvalue weighted by molar-refractivity contribution is 9.11. The second-order valence-electron chi connectivity index (χ2n) is 3.38. The maximum Gasteiger partial charge on any atom is 0.261 e. The van der Waals surface area contributed by atoms with Gasteiger partial charge in [-0.25, -0.2) is 4.39 Å². The van der Waals surface area contributed by atoms with Crippen molar-refractivity contribution in [1.29, 1.82) is 0 Å². The van der Waals surface area contributed by atoms with Gasteiger partial charge in [-0.1, -0.05) is 18.2 Å². The lowest BCUT2D eigenvalue weighted by Gasteiger charge is -2.04. The van der Waals surface area contributed by atoms with Gasteiger partial charge in [0, 0.05) is 12.1 Å². The fourth-order valence-electron chi connectivity index (χ4n) is 1.34. The van der Waals surface area contributed by atoms with Crippen molar-refractivity contribution in [3.8, 4) is 0 Å². The lowest BCUT2D eigenvalue weighted by Crippen LogP contribution is -2.22. The summed E-state index contributed by atoms with van der Waals surface area (Å²) in [6.45, 7) is 0.195. The highest BCUT2D eigenvalue weighted by atomic mass is 79.9. The van der Waals surface area contributed by atoms with Crippen molar-refractivity contribution < 1.29 is 9.18 Å². The van der Waals surface area contributed by atoms with E-state index < -0.39 is 0 Å². The first kappa shape index (κ1) is 12.3. The van der Waals surface area contributed by atoms with E-state index in [1.807, 2.05) is 6.07 Å². The monoisotopic (exact) mass is 313 g/mol. The van der Waals surface area contributed by atoms with Crippen molar-refractivity contribution in [2.75, 3.05) is 0 Å². The van der Waals surface area contributed by atoms with Crippen LogP contribution in [0, 0.1) is 5.82 Å². The molecule has 0 aliphatic carbocycles. The normalized spacial score (nSPS) is 10.2. The summed E-state index contributed by atoms with van der Waals surface area (Å²) in [6, 6.07) is 9.93. The number of hydrogen-bond donors (Lipinski definition) is 1. The zero-order valence-corrected chi connectivity index (χ0v) is 11.1. The predicted molar refractivity (Wildman–Crippen MR) is 69.6 cm³/mol. The molecule has 0 saturated heterocycles. The fraction of sp³-hybridized carbons (Fsp3) is 0.0833.